The number of fused-ring (bicyclic) bond motifs is 1. The number of benzene rings is 2. The zero-order valence-electron chi connectivity index (χ0n) is 14.6. The molecule has 0 radical (unpaired) electrons. The smallest absolute Gasteiger partial charge is 0.254 e. The fourth-order valence-electron chi connectivity index (χ4n) is 3.65. The number of nitrogens with zero attached hydrogens (tertiary/aromatic N) is 4. The summed E-state index contributed by atoms with van der Waals surface area (Å²) in [6, 6.07) is 10.6. The van der Waals surface area contributed by atoms with Crippen LogP contribution in [0.2, 0.25) is 5.02 Å². The molecule has 1 amide bonds. The van der Waals surface area contributed by atoms with E-state index in [0.29, 0.717) is 29.0 Å². The van der Waals surface area contributed by atoms with Crippen LogP contribution in [0.25, 0.3) is 16.9 Å². The van der Waals surface area contributed by atoms with Crippen LogP contribution in [0.15, 0.2) is 36.4 Å². The highest BCUT2D eigenvalue weighted by molar-refractivity contribution is 6.30. The van der Waals surface area contributed by atoms with E-state index >= 15 is 0 Å². The van der Waals surface area contributed by atoms with Crippen LogP contribution in [0.5, 0.6) is 0 Å². The topological polar surface area (TPSA) is 51.0 Å². The zero-order valence-corrected chi connectivity index (χ0v) is 15.4. The highest BCUT2D eigenvalue weighted by Crippen LogP contribution is 2.36. The monoisotopic (exact) mass is 382 g/mol. The maximum atomic E-state index is 14.3. The molecule has 0 unspecified atom stereocenters. The SMILES string of the molecule is Cc1c(-c2ccc3c(c2)CN(C2CC2)C3=O)nnn1-c1ccc(Cl)cc1F. The molecule has 1 aromatic heterocycles. The molecule has 0 saturated heterocycles. The highest BCUT2D eigenvalue weighted by atomic mass is 35.5. The van der Waals surface area contributed by atoms with Gasteiger partial charge in [-0.15, -0.1) is 5.10 Å². The van der Waals surface area contributed by atoms with Crippen LogP contribution in [0.1, 0.15) is 34.5 Å². The normalized spacial score (nSPS) is 16.1. The summed E-state index contributed by atoms with van der Waals surface area (Å²) in [4.78, 5) is 14.4. The summed E-state index contributed by atoms with van der Waals surface area (Å²) in [5, 5.41) is 8.70. The van der Waals surface area contributed by atoms with Gasteiger partial charge in [0, 0.05) is 28.7 Å². The summed E-state index contributed by atoms with van der Waals surface area (Å²) in [5.74, 6) is -0.343. The number of carbonyl (C=O) groups is 1. The molecule has 7 heteroatoms. The van der Waals surface area contributed by atoms with E-state index in [4.69, 9.17) is 11.6 Å². The van der Waals surface area contributed by atoms with Crippen LogP contribution in [-0.2, 0) is 6.54 Å². The molecular formula is C20H16ClFN4O. The molecule has 1 aliphatic carbocycles. The van der Waals surface area contributed by atoms with Gasteiger partial charge in [-0.05, 0) is 55.7 Å². The van der Waals surface area contributed by atoms with Crippen molar-refractivity contribution >= 4 is 17.5 Å². The van der Waals surface area contributed by atoms with E-state index in [2.05, 4.69) is 10.3 Å². The fourth-order valence-corrected chi connectivity index (χ4v) is 3.81. The first kappa shape index (κ1) is 16.4. The molecule has 2 aliphatic rings. The van der Waals surface area contributed by atoms with Crippen molar-refractivity contribution in [3.63, 3.8) is 0 Å². The largest absolute Gasteiger partial charge is 0.331 e. The van der Waals surface area contributed by atoms with Gasteiger partial charge in [0.05, 0.1) is 5.69 Å². The van der Waals surface area contributed by atoms with Crippen molar-refractivity contribution < 1.29 is 9.18 Å². The first-order chi connectivity index (χ1) is 13.0. The second-order valence-corrected chi connectivity index (χ2v) is 7.50. The lowest BCUT2D eigenvalue weighted by Crippen LogP contribution is -2.25. The quantitative estimate of drug-likeness (QED) is 0.683. The maximum Gasteiger partial charge on any atom is 0.254 e. The molecular weight excluding hydrogens is 367 g/mol. The van der Waals surface area contributed by atoms with Crippen LogP contribution >= 0.6 is 11.6 Å². The number of carbonyl (C=O) groups excluding carboxylic acids is 1. The van der Waals surface area contributed by atoms with Gasteiger partial charge in [-0.3, -0.25) is 4.79 Å². The van der Waals surface area contributed by atoms with Gasteiger partial charge in [-0.25, -0.2) is 9.07 Å². The number of rotatable bonds is 3. The Morgan fingerprint density at radius 1 is 1.19 bits per heavy atom. The Kier molecular flexibility index (Phi) is 3.59. The summed E-state index contributed by atoms with van der Waals surface area (Å²) in [5.41, 5.74) is 4.34. The van der Waals surface area contributed by atoms with E-state index in [0.717, 1.165) is 35.2 Å². The lowest BCUT2D eigenvalue weighted by Gasteiger charge is -2.13. The average Bonchev–Trinajstić information content (AvgIpc) is 3.34. The Balaban J connectivity index is 1.53. The minimum atomic E-state index is -0.457. The molecule has 2 heterocycles. The molecule has 27 heavy (non-hydrogen) atoms. The summed E-state index contributed by atoms with van der Waals surface area (Å²) in [6.07, 6.45) is 2.18. The zero-order chi connectivity index (χ0) is 18.7. The molecule has 0 bridgehead atoms. The van der Waals surface area contributed by atoms with Crippen molar-refractivity contribution in [3.05, 3.63) is 64.1 Å². The van der Waals surface area contributed by atoms with Crippen LogP contribution in [0.4, 0.5) is 4.39 Å². The molecule has 0 spiro atoms. The average molecular weight is 383 g/mol. The third kappa shape index (κ3) is 2.63. The van der Waals surface area contributed by atoms with Gasteiger partial charge < -0.3 is 4.90 Å². The van der Waals surface area contributed by atoms with Gasteiger partial charge in [0.25, 0.3) is 5.91 Å². The van der Waals surface area contributed by atoms with Crippen molar-refractivity contribution in [3.8, 4) is 16.9 Å². The first-order valence-corrected chi connectivity index (χ1v) is 9.23. The molecule has 1 saturated carbocycles. The van der Waals surface area contributed by atoms with Crippen molar-refractivity contribution in [2.24, 2.45) is 0 Å². The predicted octanol–water partition coefficient (Wildman–Crippen LogP) is 4.15. The second kappa shape index (κ2) is 5.89. The Bertz CT molecular complexity index is 1090. The molecule has 5 nitrogen and oxygen atoms in total. The van der Waals surface area contributed by atoms with Crippen LogP contribution < -0.4 is 0 Å². The van der Waals surface area contributed by atoms with Crippen LogP contribution in [0.3, 0.4) is 0 Å². The second-order valence-electron chi connectivity index (χ2n) is 7.07. The van der Waals surface area contributed by atoms with E-state index in [-0.39, 0.29) is 5.91 Å². The predicted molar refractivity (Wildman–Crippen MR) is 99.4 cm³/mol. The molecule has 0 N–H and O–H groups in total. The Morgan fingerprint density at radius 2 is 2.00 bits per heavy atom. The number of hydrogen-bond acceptors (Lipinski definition) is 3. The standard InChI is InChI=1S/C20H16ClFN4O/c1-11-19(23-24-26(11)18-7-3-14(21)9-17(18)22)12-2-6-16-13(8-12)10-25(20(16)27)15-4-5-15/h2-3,6-9,15H,4-5,10H2,1H3. The van der Waals surface area contributed by atoms with E-state index in [9.17, 15) is 9.18 Å². The maximum absolute atomic E-state index is 14.3. The van der Waals surface area contributed by atoms with Crippen molar-refractivity contribution in [2.45, 2.75) is 32.4 Å². The van der Waals surface area contributed by atoms with Gasteiger partial charge in [0.2, 0.25) is 0 Å². The molecule has 2 aromatic carbocycles. The van der Waals surface area contributed by atoms with Crippen molar-refractivity contribution in [1.29, 1.82) is 0 Å². The highest BCUT2D eigenvalue weighted by Gasteiger charge is 2.38. The molecule has 0 atom stereocenters. The summed E-state index contributed by atoms with van der Waals surface area (Å²) >= 11 is 5.83. The van der Waals surface area contributed by atoms with Gasteiger partial charge in [0.15, 0.2) is 0 Å². The van der Waals surface area contributed by atoms with Gasteiger partial charge >= 0.3 is 0 Å². The lowest BCUT2D eigenvalue weighted by atomic mass is 10.0. The lowest BCUT2D eigenvalue weighted by molar-refractivity contribution is 0.0766. The number of aromatic nitrogens is 3. The number of halogens is 2. The number of hydrogen-bond donors (Lipinski definition) is 0. The van der Waals surface area contributed by atoms with E-state index in [1.807, 2.05) is 30.0 Å². The van der Waals surface area contributed by atoms with E-state index in [1.165, 1.54) is 10.7 Å². The molecule has 1 aliphatic heterocycles. The van der Waals surface area contributed by atoms with Gasteiger partial charge in [-0.1, -0.05) is 22.9 Å². The Labute approximate surface area is 160 Å². The summed E-state index contributed by atoms with van der Waals surface area (Å²) < 4.78 is 15.7. The molecule has 3 aromatic rings. The minimum absolute atomic E-state index is 0.114. The third-order valence-corrected chi connectivity index (χ3v) is 5.47. The summed E-state index contributed by atoms with van der Waals surface area (Å²) in [7, 11) is 0. The first-order valence-electron chi connectivity index (χ1n) is 8.85. The van der Waals surface area contributed by atoms with Crippen LogP contribution in [0, 0.1) is 12.7 Å². The molecule has 136 valence electrons. The van der Waals surface area contributed by atoms with Crippen molar-refractivity contribution in [1.82, 2.24) is 19.9 Å². The van der Waals surface area contributed by atoms with Gasteiger partial charge in [-0.2, -0.15) is 0 Å². The fraction of sp³-hybridized carbons (Fsp3) is 0.250. The summed E-state index contributed by atoms with van der Waals surface area (Å²) in [6.45, 7) is 2.49. The minimum Gasteiger partial charge on any atom is -0.331 e. The number of amides is 1. The Hall–Kier alpha value is -2.73. The van der Waals surface area contributed by atoms with Crippen molar-refractivity contribution in [2.75, 3.05) is 0 Å². The third-order valence-electron chi connectivity index (χ3n) is 5.23. The van der Waals surface area contributed by atoms with E-state index in [1.54, 1.807) is 12.1 Å². The Morgan fingerprint density at radius 3 is 2.74 bits per heavy atom. The van der Waals surface area contributed by atoms with E-state index < -0.39 is 5.82 Å². The molecule has 5 rings (SSSR count). The molecule has 1 fully saturated rings. The van der Waals surface area contributed by atoms with Crippen LogP contribution in [-0.4, -0.2) is 31.8 Å². The van der Waals surface area contributed by atoms with Gasteiger partial charge in [0.1, 0.15) is 17.2 Å².